The molecule has 0 aliphatic carbocycles. The molecule has 25 heavy (non-hydrogen) atoms. The minimum Gasteiger partial charge on any atom is -0.493 e. The van der Waals surface area contributed by atoms with E-state index in [0.717, 1.165) is 23.4 Å². The van der Waals surface area contributed by atoms with Crippen LogP contribution in [-0.4, -0.2) is 22.5 Å². The van der Waals surface area contributed by atoms with E-state index < -0.39 is 5.91 Å². The molecule has 2 aromatic heterocycles. The number of thiazole rings is 1. The first kappa shape index (κ1) is 16.3. The fraction of sp³-hybridized carbons (Fsp3) is 0.118. The van der Waals surface area contributed by atoms with Gasteiger partial charge in [-0.25, -0.2) is 9.97 Å². The smallest absolute Gasteiger partial charge is 0.277 e. The number of nitrogens with zero attached hydrogens (tertiary/aromatic N) is 2. The Balaban J connectivity index is 1.55. The summed E-state index contributed by atoms with van der Waals surface area (Å²) in [4.78, 5) is 20.7. The molecule has 1 aliphatic rings. The van der Waals surface area contributed by atoms with E-state index >= 15 is 0 Å². The Bertz CT molecular complexity index is 974. The minimum absolute atomic E-state index is 0.0700. The van der Waals surface area contributed by atoms with Gasteiger partial charge in [-0.15, -0.1) is 11.3 Å². The van der Waals surface area contributed by atoms with Gasteiger partial charge in [-0.2, -0.15) is 0 Å². The highest BCUT2D eigenvalue weighted by Crippen LogP contribution is 2.32. The van der Waals surface area contributed by atoms with E-state index in [1.807, 2.05) is 17.5 Å². The molecule has 3 heterocycles. The molecule has 0 saturated heterocycles. The number of amides is 1. The molecule has 1 N–H and O–H groups in total. The summed E-state index contributed by atoms with van der Waals surface area (Å²) >= 11 is 13.2. The molecule has 1 aliphatic heterocycles. The van der Waals surface area contributed by atoms with Crippen LogP contribution in [0.2, 0.25) is 10.2 Å². The largest absolute Gasteiger partial charge is 0.493 e. The Kier molecular flexibility index (Phi) is 4.33. The standard InChI is InChI=1S/C17H11Cl2N3O2S/c18-11-2-4-14(19)21-15(11)16(23)22-17-20-12(8-25-17)9-1-3-13-10(7-9)5-6-24-13/h1-4,7-8H,5-6H2,(H,20,22,23). The lowest BCUT2D eigenvalue weighted by Crippen LogP contribution is -2.14. The number of carbonyl (C=O) groups is 1. The summed E-state index contributed by atoms with van der Waals surface area (Å²) in [5, 5.41) is 5.50. The molecule has 8 heteroatoms. The van der Waals surface area contributed by atoms with Crippen molar-refractivity contribution < 1.29 is 9.53 Å². The van der Waals surface area contributed by atoms with Gasteiger partial charge in [0.25, 0.3) is 5.91 Å². The quantitative estimate of drug-likeness (QED) is 0.657. The first-order valence-corrected chi connectivity index (χ1v) is 9.09. The molecule has 1 amide bonds. The summed E-state index contributed by atoms with van der Waals surface area (Å²) in [6.07, 6.45) is 0.899. The van der Waals surface area contributed by atoms with Crippen LogP contribution in [0.5, 0.6) is 5.75 Å². The number of rotatable bonds is 3. The molecule has 0 fully saturated rings. The van der Waals surface area contributed by atoms with Gasteiger partial charge in [-0.3, -0.25) is 10.1 Å². The highest BCUT2D eigenvalue weighted by Gasteiger charge is 2.17. The van der Waals surface area contributed by atoms with Crippen molar-refractivity contribution in [3.63, 3.8) is 0 Å². The topological polar surface area (TPSA) is 64.1 Å². The fourth-order valence-corrected chi connectivity index (χ4v) is 3.60. The molecule has 0 unspecified atom stereocenters. The van der Waals surface area contributed by atoms with Crippen molar-refractivity contribution in [2.75, 3.05) is 11.9 Å². The average Bonchev–Trinajstić information content (AvgIpc) is 3.25. The Morgan fingerprint density at radius 1 is 1.20 bits per heavy atom. The lowest BCUT2D eigenvalue weighted by atomic mass is 10.1. The molecule has 0 atom stereocenters. The molecule has 126 valence electrons. The lowest BCUT2D eigenvalue weighted by Gasteiger charge is -2.04. The van der Waals surface area contributed by atoms with Crippen LogP contribution in [-0.2, 0) is 6.42 Å². The summed E-state index contributed by atoms with van der Waals surface area (Å²) < 4.78 is 5.51. The van der Waals surface area contributed by atoms with Crippen molar-refractivity contribution in [2.45, 2.75) is 6.42 Å². The predicted octanol–water partition coefficient (Wildman–Crippen LogP) is 4.70. The molecule has 3 aromatic rings. The summed E-state index contributed by atoms with van der Waals surface area (Å²) in [6.45, 7) is 0.713. The Morgan fingerprint density at radius 3 is 2.96 bits per heavy atom. The SMILES string of the molecule is O=C(Nc1nc(-c2ccc3c(c2)CCO3)cs1)c1nc(Cl)ccc1Cl. The van der Waals surface area contributed by atoms with Crippen molar-refractivity contribution >= 4 is 45.6 Å². The predicted molar refractivity (Wildman–Crippen MR) is 99.0 cm³/mol. The summed E-state index contributed by atoms with van der Waals surface area (Å²) in [6, 6.07) is 9.04. The summed E-state index contributed by atoms with van der Waals surface area (Å²) in [5.74, 6) is 0.477. The number of ether oxygens (including phenoxy) is 1. The monoisotopic (exact) mass is 391 g/mol. The van der Waals surface area contributed by atoms with Crippen molar-refractivity contribution in [3.8, 4) is 17.0 Å². The van der Waals surface area contributed by atoms with Gasteiger partial charge in [-0.05, 0) is 35.9 Å². The fourth-order valence-electron chi connectivity index (χ4n) is 2.54. The van der Waals surface area contributed by atoms with Gasteiger partial charge in [0.05, 0.1) is 17.3 Å². The third-order valence-electron chi connectivity index (χ3n) is 3.74. The second-order valence-corrected chi connectivity index (χ2v) is 7.03. The van der Waals surface area contributed by atoms with Crippen molar-refractivity contribution in [3.05, 3.63) is 57.1 Å². The molecule has 5 nitrogen and oxygen atoms in total. The molecule has 0 saturated carbocycles. The molecule has 1 aromatic carbocycles. The van der Waals surface area contributed by atoms with Gasteiger partial charge < -0.3 is 4.74 Å². The van der Waals surface area contributed by atoms with E-state index in [2.05, 4.69) is 21.4 Å². The van der Waals surface area contributed by atoms with Gasteiger partial charge in [0, 0.05) is 17.4 Å². The van der Waals surface area contributed by atoms with E-state index in [0.29, 0.717) is 11.7 Å². The number of pyridine rings is 1. The molecular formula is C17H11Cl2N3O2S. The molecule has 0 radical (unpaired) electrons. The van der Waals surface area contributed by atoms with Gasteiger partial charge in [0.1, 0.15) is 16.6 Å². The number of anilines is 1. The van der Waals surface area contributed by atoms with Crippen LogP contribution in [0.25, 0.3) is 11.3 Å². The van der Waals surface area contributed by atoms with Crippen LogP contribution in [0.3, 0.4) is 0 Å². The highest BCUT2D eigenvalue weighted by molar-refractivity contribution is 7.14. The van der Waals surface area contributed by atoms with Gasteiger partial charge in [-0.1, -0.05) is 23.2 Å². The second-order valence-electron chi connectivity index (χ2n) is 5.38. The number of carbonyl (C=O) groups excluding carboxylic acids is 1. The van der Waals surface area contributed by atoms with E-state index in [9.17, 15) is 4.79 Å². The van der Waals surface area contributed by atoms with Crippen LogP contribution in [0.4, 0.5) is 5.13 Å². The third kappa shape index (κ3) is 3.33. The average molecular weight is 392 g/mol. The van der Waals surface area contributed by atoms with E-state index in [1.165, 1.54) is 29.0 Å². The number of benzene rings is 1. The normalized spacial score (nSPS) is 12.6. The number of hydrogen-bond acceptors (Lipinski definition) is 5. The first-order chi connectivity index (χ1) is 12.1. The Morgan fingerprint density at radius 2 is 2.08 bits per heavy atom. The van der Waals surface area contributed by atoms with E-state index in [-0.39, 0.29) is 15.9 Å². The Hall–Kier alpha value is -2.15. The molecular weight excluding hydrogens is 381 g/mol. The highest BCUT2D eigenvalue weighted by atomic mass is 35.5. The maximum absolute atomic E-state index is 12.3. The van der Waals surface area contributed by atoms with Crippen LogP contribution in [0.1, 0.15) is 16.1 Å². The molecule has 0 bridgehead atoms. The first-order valence-electron chi connectivity index (χ1n) is 7.45. The van der Waals surface area contributed by atoms with Crippen LogP contribution >= 0.6 is 34.5 Å². The number of aromatic nitrogens is 2. The van der Waals surface area contributed by atoms with Gasteiger partial charge in [0.2, 0.25) is 0 Å². The zero-order valence-corrected chi connectivity index (χ0v) is 15.1. The summed E-state index contributed by atoms with van der Waals surface area (Å²) in [5.41, 5.74) is 3.02. The molecule has 0 spiro atoms. The zero-order valence-electron chi connectivity index (χ0n) is 12.8. The number of hydrogen-bond donors (Lipinski definition) is 1. The zero-order chi connectivity index (χ0) is 17.4. The number of nitrogens with one attached hydrogen (secondary N) is 1. The number of halogens is 2. The van der Waals surface area contributed by atoms with Crippen LogP contribution in [0, 0.1) is 0 Å². The van der Waals surface area contributed by atoms with Crippen molar-refractivity contribution in [1.82, 2.24) is 9.97 Å². The van der Waals surface area contributed by atoms with Crippen molar-refractivity contribution in [1.29, 1.82) is 0 Å². The molecule has 4 rings (SSSR count). The summed E-state index contributed by atoms with van der Waals surface area (Å²) in [7, 11) is 0. The minimum atomic E-state index is -0.448. The maximum atomic E-state index is 12.3. The van der Waals surface area contributed by atoms with Gasteiger partial charge in [0.15, 0.2) is 5.13 Å². The van der Waals surface area contributed by atoms with Crippen LogP contribution < -0.4 is 10.1 Å². The third-order valence-corrected chi connectivity index (χ3v) is 5.01. The lowest BCUT2D eigenvalue weighted by molar-refractivity contribution is 0.102. The van der Waals surface area contributed by atoms with E-state index in [4.69, 9.17) is 27.9 Å². The van der Waals surface area contributed by atoms with E-state index in [1.54, 1.807) is 0 Å². The maximum Gasteiger partial charge on any atom is 0.277 e. The second kappa shape index (κ2) is 6.63. The Labute approximate surface area is 157 Å². The van der Waals surface area contributed by atoms with Gasteiger partial charge >= 0.3 is 0 Å². The van der Waals surface area contributed by atoms with Crippen molar-refractivity contribution in [2.24, 2.45) is 0 Å². The number of fused-ring (bicyclic) bond motifs is 1. The van der Waals surface area contributed by atoms with Crippen LogP contribution in [0.15, 0.2) is 35.7 Å².